The highest BCUT2D eigenvalue weighted by atomic mass is 16.6. The number of rotatable bonds is 6. The molecule has 1 aliphatic rings. The van der Waals surface area contributed by atoms with E-state index in [0.717, 1.165) is 5.56 Å². The van der Waals surface area contributed by atoms with Crippen molar-refractivity contribution >= 4 is 18.0 Å². The number of nitrogens with one attached hydrogen (secondary N) is 1. The fourth-order valence-corrected chi connectivity index (χ4v) is 2.65. The van der Waals surface area contributed by atoms with Gasteiger partial charge in [-0.15, -0.1) is 0 Å². The first-order chi connectivity index (χ1) is 12.1. The Morgan fingerprint density at radius 1 is 1.12 bits per heavy atom. The molecule has 1 fully saturated rings. The number of carbonyl (C=O) groups is 3. The Hall–Kier alpha value is -2.57. The lowest BCUT2D eigenvalue weighted by molar-refractivity contribution is -0.144. The summed E-state index contributed by atoms with van der Waals surface area (Å²) in [6.45, 7) is 3.05. The topological polar surface area (TPSA) is 84.9 Å². The molecule has 0 unspecified atom stereocenters. The summed E-state index contributed by atoms with van der Waals surface area (Å²) >= 11 is 0. The Bertz CT molecular complexity index is 582. The van der Waals surface area contributed by atoms with Gasteiger partial charge in [0.1, 0.15) is 13.2 Å². The molecule has 0 atom stereocenters. The number of benzene rings is 1. The summed E-state index contributed by atoms with van der Waals surface area (Å²) in [7, 11) is 0. The zero-order valence-corrected chi connectivity index (χ0v) is 14.4. The van der Waals surface area contributed by atoms with Crippen LogP contribution in [0.5, 0.6) is 0 Å². The molecule has 25 heavy (non-hydrogen) atoms. The van der Waals surface area contributed by atoms with Gasteiger partial charge in [0.15, 0.2) is 0 Å². The Kier molecular flexibility index (Phi) is 7.25. The van der Waals surface area contributed by atoms with Gasteiger partial charge < -0.3 is 19.7 Å². The molecule has 7 heteroatoms. The van der Waals surface area contributed by atoms with E-state index in [1.807, 2.05) is 30.3 Å². The standard InChI is InChI=1S/C18H24N2O5/c1-2-24-16(21)12-19-17(22)15-8-10-20(11-9-15)18(23)25-13-14-6-4-3-5-7-14/h3-7,15H,2,8-13H2,1H3,(H,19,22). The van der Waals surface area contributed by atoms with Crippen LogP contribution in [0.25, 0.3) is 0 Å². The number of carbonyl (C=O) groups excluding carboxylic acids is 3. The van der Waals surface area contributed by atoms with E-state index in [9.17, 15) is 14.4 Å². The van der Waals surface area contributed by atoms with Gasteiger partial charge in [-0.2, -0.15) is 0 Å². The molecule has 1 aliphatic heterocycles. The summed E-state index contributed by atoms with van der Waals surface area (Å²) in [6, 6.07) is 9.48. The first kappa shape index (κ1) is 18.8. The molecule has 0 radical (unpaired) electrons. The van der Waals surface area contributed by atoms with Crippen molar-refractivity contribution < 1.29 is 23.9 Å². The van der Waals surface area contributed by atoms with Crippen molar-refractivity contribution in [3.05, 3.63) is 35.9 Å². The van der Waals surface area contributed by atoms with Gasteiger partial charge in [-0.25, -0.2) is 4.79 Å². The van der Waals surface area contributed by atoms with Gasteiger partial charge in [0.25, 0.3) is 0 Å². The van der Waals surface area contributed by atoms with Crippen LogP contribution in [0.3, 0.4) is 0 Å². The molecule has 0 aromatic heterocycles. The fraction of sp³-hybridized carbons (Fsp3) is 0.500. The normalized spacial score (nSPS) is 14.7. The van der Waals surface area contributed by atoms with Gasteiger partial charge in [-0.05, 0) is 25.3 Å². The van der Waals surface area contributed by atoms with Crippen LogP contribution in [0.2, 0.25) is 0 Å². The van der Waals surface area contributed by atoms with Crippen LogP contribution in [0.15, 0.2) is 30.3 Å². The van der Waals surface area contributed by atoms with Gasteiger partial charge in [-0.3, -0.25) is 9.59 Å². The molecular weight excluding hydrogens is 324 g/mol. The second-order valence-electron chi connectivity index (χ2n) is 5.82. The Morgan fingerprint density at radius 3 is 2.44 bits per heavy atom. The van der Waals surface area contributed by atoms with Gasteiger partial charge in [0, 0.05) is 19.0 Å². The minimum absolute atomic E-state index is 0.119. The minimum atomic E-state index is -0.447. The van der Waals surface area contributed by atoms with Crippen molar-refractivity contribution in [1.29, 1.82) is 0 Å². The molecule has 1 aromatic carbocycles. The van der Waals surface area contributed by atoms with Gasteiger partial charge >= 0.3 is 12.1 Å². The van der Waals surface area contributed by atoms with E-state index < -0.39 is 5.97 Å². The second-order valence-corrected chi connectivity index (χ2v) is 5.82. The Balaban J connectivity index is 1.69. The molecule has 0 aliphatic carbocycles. The summed E-state index contributed by atoms with van der Waals surface area (Å²) in [6.07, 6.45) is 0.735. The number of hydrogen-bond acceptors (Lipinski definition) is 5. The largest absolute Gasteiger partial charge is 0.465 e. The first-order valence-corrected chi connectivity index (χ1v) is 8.49. The summed E-state index contributed by atoms with van der Waals surface area (Å²) in [5.74, 6) is -0.823. The summed E-state index contributed by atoms with van der Waals surface area (Å²) in [5, 5.41) is 2.58. The maximum atomic E-state index is 12.1. The van der Waals surface area contributed by atoms with Crippen LogP contribution in [0.4, 0.5) is 4.79 Å². The SMILES string of the molecule is CCOC(=O)CNC(=O)C1CCN(C(=O)OCc2ccccc2)CC1. The number of amides is 2. The molecule has 1 N–H and O–H groups in total. The summed E-state index contributed by atoms with van der Waals surface area (Å²) in [5.41, 5.74) is 0.934. The molecule has 2 amide bonds. The number of piperidine rings is 1. The minimum Gasteiger partial charge on any atom is -0.465 e. The predicted molar refractivity (Wildman–Crippen MR) is 90.6 cm³/mol. The number of ether oxygens (including phenoxy) is 2. The van der Waals surface area contributed by atoms with Gasteiger partial charge in [-0.1, -0.05) is 30.3 Å². The molecule has 0 saturated carbocycles. The van der Waals surface area contributed by atoms with E-state index in [1.165, 1.54) is 0 Å². The summed E-state index contributed by atoms with van der Waals surface area (Å²) in [4.78, 5) is 37.0. The van der Waals surface area contributed by atoms with Gasteiger partial charge in [0.2, 0.25) is 5.91 Å². The van der Waals surface area contributed by atoms with Crippen molar-refractivity contribution in [2.75, 3.05) is 26.2 Å². The highest BCUT2D eigenvalue weighted by Crippen LogP contribution is 2.18. The average molecular weight is 348 g/mol. The number of hydrogen-bond donors (Lipinski definition) is 1. The van der Waals surface area contributed by atoms with Crippen molar-refractivity contribution in [3.8, 4) is 0 Å². The summed E-state index contributed by atoms with van der Waals surface area (Å²) < 4.78 is 10.1. The molecule has 0 bridgehead atoms. The van der Waals surface area contributed by atoms with Crippen LogP contribution in [-0.2, 0) is 25.7 Å². The van der Waals surface area contributed by atoms with Crippen LogP contribution >= 0.6 is 0 Å². The van der Waals surface area contributed by atoms with Gasteiger partial charge in [0.05, 0.1) is 6.61 Å². The van der Waals surface area contributed by atoms with Crippen LogP contribution in [0.1, 0.15) is 25.3 Å². The molecule has 0 spiro atoms. The number of nitrogens with zero attached hydrogens (tertiary/aromatic N) is 1. The third-order valence-corrected chi connectivity index (χ3v) is 4.04. The molecule has 1 aromatic rings. The maximum Gasteiger partial charge on any atom is 0.410 e. The second kappa shape index (κ2) is 9.66. The van der Waals surface area contributed by atoms with Crippen molar-refractivity contribution in [2.24, 2.45) is 5.92 Å². The zero-order chi connectivity index (χ0) is 18.1. The zero-order valence-electron chi connectivity index (χ0n) is 14.4. The predicted octanol–water partition coefficient (Wildman–Crippen LogP) is 1.71. The molecule has 7 nitrogen and oxygen atoms in total. The number of likely N-dealkylation sites (tertiary alicyclic amines) is 1. The maximum absolute atomic E-state index is 12.1. The Morgan fingerprint density at radius 2 is 1.80 bits per heavy atom. The lowest BCUT2D eigenvalue weighted by Crippen LogP contribution is -2.44. The van der Waals surface area contributed by atoms with E-state index in [-0.39, 0.29) is 37.7 Å². The van der Waals surface area contributed by atoms with Crippen molar-refractivity contribution in [3.63, 3.8) is 0 Å². The van der Waals surface area contributed by atoms with Crippen molar-refractivity contribution in [2.45, 2.75) is 26.4 Å². The lowest BCUT2D eigenvalue weighted by atomic mass is 9.96. The van der Waals surface area contributed by atoms with E-state index >= 15 is 0 Å². The molecular formula is C18H24N2O5. The van der Waals surface area contributed by atoms with Crippen LogP contribution < -0.4 is 5.32 Å². The highest BCUT2D eigenvalue weighted by Gasteiger charge is 2.28. The van der Waals surface area contributed by atoms with E-state index in [4.69, 9.17) is 9.47 Å². The van der Waals surface area contributed by atoms with E-state index in [0.29, 0.717) is 25.9 Å². The van der Waals surface area contributed by atoms with E-state index in [1.54, 1.807) is 11.8 Å². The fourth-order valence-electron chi connectivity index (χ4n) is 2.65. The molecule has 1 saturated heterocycles. The Labute approximate surface area is 147 Å². The molecule has 2 rings (SSSR count). The van der Waals surface area contributed by atoms with Crippen molar-refractivity contribution in [1.82, 2.24) is 10.2 Å². The smallest absolute Gasteiger partial charge is 0.410 e. The quantitative estimate of drug-likeness (QED) is 0.791. The number of esters is 1. The third kappa shape index (κ3) is 6.10. The first-order valence-electron chi connectivity index (χ1n) is 8.49. The van der Waals surface area contributed by atoms with Crippen LogP contribution in [-0.4, -0.2) is 49.1 Å². The lowest BCUT2D eigenvalue weighted by Gasteiger charge is -2.30. The monoisotopic (exact) mass is 348 g/mol. The van der Waals surface area contributed by atoms with E-state index in [2.05, 4.69) is 5.32 Å². The molecule has 1 heterocycles. The third-order valence-electron chi connectivity index (χ3n) is 4.04. The van der Waals surface area contributed by atoms with Crippen LogP contribution in [0, 0.1) is 5.92 Å². The highest BCUT2D eigenvalue weighted by molar-refractivity contribution is 5.83. The molecule has 136 valence electrons. The average Bonchev–Trinajstić information content (AvgIpc) is 2.65.